The third kappa shape index (κ3) is 4.64. The van der Waals surface area contributed by atoms with E-state index in [0.717, 1.165) is 22.0 Å². The van der Waals surface area contributed by atoms with E-state index in [4.69, 9.17) is 14.2 Å². The van der Waals surface area contributed by atoms with Crippen molar-refractivity contribution in [3.63, 3.8) is 0 Å². The monoisotopic (exact) mass is 363 g/mol. The van der Waals surface area contributed by atoms with Crippen molar-refractivity contribution in [1.82, 2.24) is 4.98 Å². The molecule has 0 N–H and O–H groups in total. The van der Waals surface area contributed by atoms with Crippen LogP contribution < -0.4 is 9.47 Å². The van der Waals surface area contributed by atoms with Crippen molar-refractivity contribution in [3.05, 3.63) is 71.9 Å². The van der Waals surface area contributed by atoms with Gasteiger partial charge in [-0.1, -0.05) is 18.2 Å². The number of methoxy groups -OCH3 is 2. The molecule has 0 fully saturated rings. The number of pyridine rings is 1. The zero-order chi connectivity index (χ0) is 19.2. The van der Waals surface area contributed by atoms with E-state index in [1.54, 1.807) is 32.6 Å². The zero-order valence-corrected chi connectivity index (χ0v) is 15.5. The van der Waals surface area contributed by atoms with Gasteiger partial charge in [-0.3, -0.25) is 4.98 Å². The third-order valence-corrected chi connectivity index (χ3v) is 4.16. The molecule has 5 nitrogen and oxygen atoms in total. The summed E-state index contributed by atoms with van der Waals surface area (Å²) in [6.45, 7) is 1.83. The minimum absolute atomic E-state index is 0.404. The van der Waals surface area contributed by atoms with Crippen molar-refractivity contribution < 1.29 is 19.0 Å². The first kappa shape index (κ1) is 18.5. The largest absolute Gasteiger partial charge is 0.497 e. The molecule has 3 aromatic rings. The highest BCUT2D eigenvalue weighted by Crippen LogP contribution is 2.24. The van der Waals surface area contributed by atoms with Gasteiger partial charge in [-0.25, -0.2) is 4.79 Å². The molecule has 5 heteroatoms. The molecule has 0 bridgehead atoms. The number of carbonyl (C=O) groups is 1. The second kappa shape index (κ2) is 8.36. The van der Waals surface area contributed by atoms with Crippen LogP contribution in [0.3, 0.4) is 0 Å². The second-order valence-electron chi connectivity index (χ2n) is 6.02. The van der Waals surface area contributed by atoms with Gasteiger partial charge in [-0.05, 0) is 42.8 Å². The molecule has 2 aromatic carbocycles. The summed E-state index contributed by atoms with van der Waals surface area (Å²) in [5.41, 5.74) is 2.54. The second-order valence-corrected chi connectivity index (χ2v) is 6.02. The first-order valence-electron chi connectivity index (χ1n) is 8.55. The number of nitrogens with zero attached hydrogens (tertiary/aromatic N) is 1. The average molecular weight is 363 g/mol. The van der Waals surface area contributed by atoms with Gasteiger partial charge < -0.3 is 14.2 Å². The molecule has 3 rings (SSSR count). The highest BCUT2D eigenvalue weighted by molar-refractivity contribution is 5.87. The van der Waals surface area contributed by atoms with Crippen LogP contribution in [0.5, 0.6) is 11.5 Å². The van der Waals surface area contributed by atoms with E-state index >= 15 is 0 Å². The summed E-state index contributed by atoms with van der Waals surface area (Å²) < 4.78 is 15.9. The van der Waals surface area contributed by atoms with Crippen molar-refractivity contribution in [2.45, 2.75) is 13.0 Å². The molecular formula is C22H21NO4. The van der Waals surface area contributed by atoms with Crippen LogP contribution in [-0.2, 0) is 9.53 Å². The maximum atomic E-state index is 12.2. The van der Waals surface area contributed by atoms with Crippen molar-refractivity contribution in [1.29, 1.82) is 0 Å². The number of fused-ring (bicyclic) bond motifs is 1. The van der Waals surface area contributed by atoms with Crippen LogP contribution in [-0.4, -0.2) is 25.2 Å². The van der Waals surface area contributed by atoms with Crippen LogP contribution in [0.15, 0.2) is 60.8 Å². The lowest BCUT2D eigenvalue weighted by Gasteiger charge is -2.12. The molecule has 0 saturated carbocycles. The molecule has 0 aliphatic carbocycles. The number of hydrogen-bond donors (Lipinski definition) is 0. The number of esters is 1. The van der Waals surface area contributed by atoms with Gasteiger partial charge in [0.2, 0.25) is 0 Å². The number of benzene rings is 2. The van der Waals surface area contributed by atoms with Crippen molar-refractivity contribution in [2.24, 2.45) is 0 Å². The fourth-order valence-corrected chi connectivity index (χ4v) is 2.68. The number of rotatable bonds is 6. The maximum absolute atomic E-state index is 12.2. The molecule has 138 valence electrons. The highest BCUT2D eigenvalue weighted by atomic mass is 16.5. The highest BCUT2D eigenvalue weighted by Gasteiger charge is 2.11. The smallest absolute Gasteiger partial charge is 0.331 e. The Morgan fingerprint density at radius 1 is 1.04 bits per heavy atom. The normalized spacial score (nSPS) is 12.1. The number of ether oxygens (including phenoxy) is 3. The Morgan fingerprint density at radius 3 is 2.44 bits per heavy atom. The maximum Gasteiger partial charge on any atom is 0.331 e. The van der Waals surface area contributed by atoms with Gasteiger partial charge in [0.15, 0.2) is 0 Å². The molecule has 0 radical (unpaired) electrons. The van der Waals surface area contributed by atoms with E-state index in [9.17, 15) is 4.79 Å². The minimum Gasteiger partial charge on any atom is -0.497 e. The Hall–Kier alpha value is -3.34. The van der Waals surface area contributed by atoms with E-state index in [2.05, 4.69) is 4.98 Å². The SMILES string of the molecule is COc1cc(/C=C/C(=O)OC(C)c2cnc3ccccc3c2)cc(OC)c1. The molecule has 27 heavy (non-hydrogen) atoms. The van der Waals surface area contributed by atoms with Gasteiger partial charge in [0.1, 0.15) is 17.6 Å². The van der Waals surface area contributed by atoms with Crippen molar-refractivity contribution in [2.75, 3.05) is 14.2 Å². The molecule has 1 aromatic heterocycles. The van der Waals surface area contributed by atoms with Crippen LogP contribution in [0.2, 0.25) is 0 Å². The molecule has 1 atom stereocenters. The minimum atomic E-state index is -0.433. The van der Waals surface area contributed by atoms with E-state index in [0.29, 0.717) is 11.5 Å². The molecule has 0 spiro atoms. The molecule has 1 heterocycles. The van der Waals surface area contributed by atoms with Crippen LogP contribution in [0.4, 0.5) is 0 Å². The Kier molecular flexibility index (Phi) is 5.71. The summed E-state index contributed by atoms with van der Waals surface area (Å²) in [5.74, 6) is 0.869. The predicted molar refractivity (Wildman–Crippen MR) is 105 cm³/mol. The van der Waals surface area contributed by atoms with Gasteiger partial charge in [0.25, 0.3) is 0 Å². The molecule has 0 saturated heterocycles. The van der Waals surface area contributed by atoms with Gasteiger partial charge in [0, 0.05) is 29.3 Å². The number of aromatic nitrogens is 1. The molecule has 0 aliphatic rings. The summed E-state index contributed by atoms with van der Waals surface area (Å²) in [6, 6.07) is 15.2. The summed E-state index contributed by atoms with van der Waals surface area (Å²) in [7, 11) is 3.16. The fraction of sp³-hybridized carbons (Fsp3) is 0.182. The standard InChI is InChI=1S/C22H21NO4/c1-15(18-12-17-6-4-5-7-21(17)23-14-18)27-22(24)9-8-16-10-19(25-2)13-20(11-16)26-3/h4-15H,1-3H3/b9-8+. The van der Waals surface area contributed by atoms with Crippen molar-refractivity contribution in [3.8, 4) is 11.5 Å². The van der Waals surface area contributed by atoms with Gasteiger partial charge >= 0.3 is 5.97 Å². The fourth-order valence-electron chi connectivity index (χ4n) is 2.68. The quantitative estimate of drug-likeness (QED) is 0.474. The summed E-state index contributed by atoms with van der Waals surface area (Å²) in [4.78, 5) is 16.6. The van der Waals surface area contributed by atoms with Gasteiger partial charge in [0.05, 0.1) is 19.7 Å². The lowest BCUT2D eigenvalue weighted by molar-refractivity contribution is -0.142. The van der Waals surface area contributed by atoms with E-state index in [1.165, 1.54) is 6.08 Å². The molecule has 1 unspecified atom stereocenters. The summed E-state index contributed by atoms with van der Waals surface area (Å²) in [5, 5.41) is 1.01. The Morgan fingerprint density at radius 2 is 1.74 bits per heavy atom. The van der Waals surface area contributed by atoms with Crippen LogP contribution in [0, 0.1) is 0 Å². The number of para-hydroxylation sites is 1. The zero-order valence-electron chi connectivity index (χ0n) is 15.5. The Bertz CT molecular complexity index is 959. The lowest BCUT2D eigenvalue weighted by Crippen LogP contribution is -2.06. The molecule has 0 amide bonds. The number of carbonyl (C=O) groups excluding carboxylic acids is 1. The topological polar surface area (TPSA) is 57.7 Å². The average Bonchev–Trinajstić information content (AvgIpc) is 2.71. The van der Waals surface area contributed by atoms with E-state index in [1.807, 2.05) is 49.4 Å². The van der Waals surface area contributed by atoms with Crippen LogP contribution in [0.25, 0.3) is 17.0 Å². The van der Waals surface area contributed by atoms with Gasteiger partial charge in [-0.2, -0.15) is 0 Å². The summed E-state index contributed by atoms with van der Waals surface area (Å²) in [6.07, 6.45) is 4.38. The molecule has 0 aliphatic heterocycles. The summed E-state index contributed by atoms with van der Waals surface area (Å²) >= 11 is 0. The Labute approximate surface area is 158 Å². The molecular weight excluding hydrogens is 342 g/mol. The first-order valence-corrected chi connectivity index (χ1v) is 8.55. The third-order valence-electron chi connectivity index (χ3n) is 4.16. The first-order chi connectivity index (χ1) is 13.1. The van der Waals surface area contributed by atoms with E-state index in [-0.39, 0.29) is 0 Å². The van der Waals surface area contributed by atoms with Crippen LogP contribution >= 0.6 is 0 Å². The number of hydrogen-bond acceptors (Lipinski definition) is 5. The van der Waals surface area contributed by atoms with Gasteiger partial charge in [-0.15, -0.1) is 0 Å². The van der Waals surface area contributed by atoms with Crippen molar-refractivity contribution >= 4 is 22.9 Å². The van der Waals surface area contributed by atoms with Crippen LogP contribution in [0.1, 0.15) is 24.2 Å². The lowest BCUT2D eigenvalue weighted by atomic mass is 10.1. The Balaban J connectivity index is 1.70. The van der Waals surface area contributed by atoms with E-state index < -0.39 is 12.1 Å². The predicted octanol–water partition coefficient (Wildman–Crippen LogP) is 4.57.